The van der Waals surface area contributed by atoms with Crippen molar-refractivity contribution in [3.8, 4) is 22.8 Å². The lowest BCUT2D eigenvalue weighted by Crippen LogP contribution is -2.37. The fourth-order valence-corrected chi connectivity index (χ4v) is 4.92. The van der Waals surface area contributed by atoms with E-state index in [0.717, 1.165) is 30.0 Å². The van der Waals surface area contributed by atoms with E-state index < -0.39 is 0 Å². The summed E-state index contributed by atoms with van der Waals surface area (Å²) in [5.74, 6) is 1.88. The summed E-state index contributed by atoms with van der Waals surface area (Å²) < 4.78 is 7.56. The smallest absolute Gasteiger partial charge is 0.233 e. The first-order valence-corrected chi connectivity index (χ1v) is 12.3. The van der Waals surface area contributed by atoms with Crippen LogP contribution in [0.5, 0.6) is 5.75 Å². The third-order valence-corrected chi connectivity index (χ3v) is 6.68. The number of rotatable bonds is 7. The fourth-order valence-electron chi connectivity index (χ4n) is 4.06. The molecule has 1 amide bonds. The summed E-state index contributed by atoms with van der Waals surface area (Å²) in [4.78, 5) is 19.2. The molecule has 8 heteroatoms. The molecule has 0 fully saturated rings. The normalized spacial score (nSPS) is 12.9. The maximum atomic E-state index is 13.0. The number of amides is 1. The average molecular weight is 472 g/mol. The van der Waals surface area contributed by atoms with Gasteiger partial charge in [0, 0.05) is 36.7 Å². The highest BCUT2D eigenvalue weighted by molar-refractivity contribution is 7.99. The Morgan fingerprint density at radius 2 is 1.85 bits per heavy atom. The van der Waals surface area contributed by atoms with Gasteiger partial charge in [-0.2, -0.15) is 0 Å². The lowest BCUT2D eigenvalue weighted by molar-refractivity contribution is -0.129. The molecule has 7 nitrogen and oxygen atoms in total. The van der Waals surface area contributed by atoms with Gasteiger partial charge >= 0.3 is 0 Å². The van der Waals surface area contributed by atoms with Crippen LogP contribution >= 0.6 is 11.8 Å². The summed E-state index contributed by atoms with van der Waals surface area (Å²) >= 11 is 1.40. The summed E-state index contributed by atoms with van der Waals surface area (Å²) in [6.45, 7) is 3.96. The molecule has 0 atom stereocenters. The van der Waals surface area contributed by atoms with E-state index in [1.165, 1.54) is 22.9 Å². The van der Waals surface area contributed by atoms with E-state index >= 15 is 0 Å². The van der Waals surface area contributed by atoms with Crippen molar-refractivity contribution in [3.63, 3.8) is 0 Å². The number of carbonyl (C=O) groups is 1. The largest absolute Gasteiger partial charge is 0.494 e. The zero-order valence-corrected chi connectivity index (χ0v) is 19.7. The highest BCUT2D eigenvalue weighted by Gasteiger charge is 2.22. The molecular formula is C26H25N5O2S. The lowest BCUT2D eigenvalue weighted by Gasteiger charge is -2.28. The first kappa shape index (κ1) is 22.2. The van der Waals surface area contributed by atoms with Crippen LogP contribution in [-0.2, 0) is 17.8 Å². The molecule has 1 aliphatic heterocycles. The summed E-state index contributed by atoms with van der Waals surface area (Å²) in [6, 6.07) is 20.0. The number of fused-ring (bicyclic) bond motifs is 1. The topological polar surface area (TPSA) is 73.1 Å². The van der Waals surface area contributed by atoms with Crippen LogP contribution in [0.15, 0.2) is 78.2 Å². The van der Waals surface area contributed by atoms with Gasteiger partial charge in [-0.15, -0.1) is 10.2 Å². The van der Waals surface area contributed by atoms with Crippen molar-refractivity contribution in [1.29, 1.82) is 0 Å². The standard InChI is InChI=1S/C26H25N5O2S/c1-2-33-23-11-9-22(10-12-23)31-25(20-8-5-14-27-16-20)28-29-26(31)34-18-24(32)30-15-13-19-6-3-4-7-21(19)17-30/h3-12,14,16H,2,13,15,17-18H2,1H3. The predicted molar refractivity (Wildman–Crippen MR) is 132 cm³/mol. The summed E-state index contributed by atoms with van der Waals surface area (Å²) in [7, 11) is 0. The zero-order chi connectivity index (χ0) is 23.3. The van der Waals surface area contributed by atoms with Crippen molar-refractivity contribution >= 4 is 17.7 Å². The van der Waals surface area contributed by atoms with Crippen LogP contribution in [0.4, 0.5) is 0 Å². The number of benzene rings is 2. The van der Waals surface area contributed by atoms with Gasteiger partial charge in [0.15, 0.2) is 11.0 Å². The Kier molecular flexibility index (Phi) is 6.58. The Hall–Kier alpha value is -3.65. The molecule has 0 bridgehead atoms. The number of pyridine rings is 1. The van der Waals surface area contributed by atoms with Gasteiger partial charge in [-0.1, -0.05) is 36.0 Å². The number of thioether (sulfide) groups is 1. The van der Waals surface area contributed by atoms with Gasteiger partial charge in [-0.25, -0.2) is 0 Å². The SMILES string of the molecule is CCOc1ccc(-n2c(SCC(=O)N3CCc4ccccc4C3)nnc2-c2cccnc2)cc1. The van der Waals surface area contributed by atoms with Gasteiger partial charge in [-0.05, 0) is 60.9 Å². The molecule has 0 spiro atoms. The molecular weight excluding hydrogens is 446 g/mol. The summed E-state index contributed by atoms with van der Waals surface area (Å²) in [5.41, 5.74) is 4.31. The van der Waals surface area contributed by atoms with E-state index in [1.54, 1.807) is 12.4 Å². The Morgan fingerprint density at radius 3 is 2.62 bits per heavy atom. The average Bonchev–Trinajstić information content (AvgIpc) is 3.32. The second-order valence-corrected chi connectivity index (χ2v) is 8.88. The molecule has 172 valence electrons. The van der Waals surface area contributed by atoms with Crippen molar-refractivity contribution in [2.75, 3.05) is 18.9 Å². The van der Waals surface area contributed by atoms with E-state index in [4.69, 9.17) is 4.74 Å². The molecule has 2 aromatic heterocycles. The predicted octanol–water partition coefficient (Wildman–Crippen LogP) is 4.41. The molecule has 0 radical (unpaired) electrons. The number of carbonyl (C=O) groups excluding carboxylic acids is 1. The number of hydrogen-bond acceptors (Lipinski definition) is 6. The van der Waals surface area contributed by atoms with E-state index in [1.807, 2.05) is 58.9 Å². The first-order valence-electron chi connectivity index (χ1n) is 11.3. The lowest BCUT2D eigenvalue weighted by atomic mass is 10.00. The van der Waals surface area contributed by atoms with Gasteiger partial charge in [0.05, 0.1) is 12.4 Å². The Balaban J connectivity index is 1.38. The highest BCUT2D eigenvalue weighted by Crippen LogP contribution is 2.29. The van der Waals surface area contributed by atoms with Crippen molar-refractivity contribution < 1.29 is 9.53 Å². The molecule has 0 unspecified atom stereocenters. The Labute approximate surface area is 202 Å². The van der Waals surface area contributed by atoms with Crippen LogP contribution in [0.25, 0.3) is 17.1 Å². The van der Waals surface area contributed by atoms with Crippen molar-refractivity contribution in [2.24, 2.45) is 0 Å². The quantitative estimate of drug-likeness (QED) is 0.372. The second kappa shape index (κ2) is 10.1. The molecule has 2 aromatic carbocycles. The van der Waals surface area contributed by atoms with Crippen molar-refractivity contribution in [1.82, 2.24) is 24.6 Å². The molecule has 0 saturated heterocycles. The van der Waals surface area contributed by atoms with Crippen LogP contribution in [0.3, 0.4) is 0 Å². The van der Waals surface area contributed by atoms with Gasteiger partial charge in [0.1, 0.15) is 5.75 Å². The van der Waals surface area contributed by atoms with E-state index in [2.05, 4.69) is 33.4 Å². The molecule has 0 N–H and O–H groups in total. The van der Waals surface area contributed by atoms with Crippen molar-refractivity contribution in [3.05, 3.63) is 84.2 Å². The van der Waals surface area contributed by atoms with Gasteiger partial charge < -0.3 is 9.64 Å². The minimum atomic E-state index is 0.101. The van der Waals surface area contributed by atoms with E-state index in [0.29, 0.717) is 29.9 Å². The molecule has 4 aromatic rings. The molecule has 0 aliphatic carbocycles. The summed E-state index contributed by atoms with van der Waals surface area (Å²) in [6.07, 6.45) is 4.38. The molecule has 0 saturated carbocycles. The van der Waals surface area contributed by atoms with Crippen LogP contribution < -0.4 is 4.74 Å². The molecule has 1 aliphatic rings. The Bertz CT molecular complexity index is 1270. The monoisotopic (exact) mass is 471 g/mol. The fraction of sp³-hybridized carbons (Fsp3) is 0.231. The van der Waals surface area contributed by atoms with Crippen molar-refractivity contribution in [2.45, 2.75) is 25.0 Å². The molecule has 5 rings (SSSR count). The number of aromatic nitrogens is 4. The number of ether oxygens (including phenoxy) is 1. The first-order chi connectivity index (χ1) is 16.7. The highest BCUT2D eigenvalue weighted by atomic mass is 32.2. The van der Waals surface area contributed by atoms with Gasteiger partial charge in [0.2, 0.25) is 5.91 Å². The maximum Gasteiger partial charge on any atom is 0.233 e. The molecule has 34 heavy (non-hydrogen) atoms. The van der Waals surface area contributed by atoms with Crippen LogP contribution in [-0.4, -0.2) is 49.5 Å². The van der Waals surface area contributed by atoms with Gasteiger partial charge in [-0.3, -0.25) is 14.3 Å². The minimum absolute atomic E-state index is 0.101. The Morgan fingerprint density at radius 1 is 1.03 bits per heavy atom. The van der Waals surface area contributed by atoms with Crippen LogP contribution in [0.1, 0.15) is 18.1 Å². The van der Waals surface area contributed by atoms with E-state index in [-0.39, 0.29) is 5.91 Å². The minimum Gasteiger partial charge on any atom is -0.494 e. The second-order valence-electron chi connectivity index (χ2n) is 7.93. The van der Waals surface area contributed by atoms with E-state index in [9.17, 15) is 4.79 Å². The van der Waals surface area contributed by atoms with Crippen LogP contribution in [0.2, 0.25) is 0 Å². The third-order valence-electron chi connectivity index (χ3n) is 5.77. The number of nitrogens with zero attached hydrogens (tertiary/aromatic N) is 5. The number of hydrogen-bond donors (Lipinski definition) is 0. The maximum absolute atomic E-state index is 13.0. The van der Waals surface area contributed by atoms with Gasteiger partial charge in [0.25, 0.3) is 0 Å². The third kappa shape index (κ3) is 4.68. The summed E-state index contributed by atoms with van der Waals surface area (Å²) in [5, 5.41) is 9.53. The molecule has 3 heterocycles. The van der Waals surface area contributed by atoms with Crippen LogP contribution in [0, 0.1) is 0 Å². The zero-order valence-electron chi connectivity index (χ0n) is 18.9.